The van der Waals surface area contributed by atoms with Gasteiger partial charge in [-0.3, -0.25) is 0 Å². The van der Waals surface area contributed by atoms with Gasteiger partial charge in [-0.2, -0.15) is 0 Å². The minimum Gasteiger partial charge on any atom is -0.494 e. The fourth-order valence-electron chi connectivity index (χ4n) is 3.79. The van der Waals surface area contributed by atoms with Crippen LogP contribution in [0.25, 0.3) is 0 Å². The minimum absolute atomic E-state index is 0.264. The number of hydrogen-bond acceptors (Lipinski definition) is 2. The Morgan fingerprint density at radius 1 is 1.29 bits per heavy atom. The van der Waals surface area contributed by atoms with E-state index >= 15 is 0 Å². The number of ether oxygens (including phenoxy) is 1. The summed E-state index contributed by atoms with van der Waals surface area (Å²) in [5.41, 5.74) is 7.01. The maximum atomic E-state index is 13.8. The van der Waals surface area contributed by atoms with Crippen molar-refractivity contribution in [2.75, 3.05) is 13.7 Å². The van der Waals surface area contributed by atoms with Crippen LogP contribution in [0.5, 0.6) is 5.75 Å². The van der Waals surface area contributed by atoms with E-state index < -0.39 is 0 Å². The molecular weight excluding hydrogens is 265 g/mol. The van der Waals surface area contributed by atoms with Crippen molar-refractivity contribution in [3.63, 3.8) is 0 Å². The minimum atomic E-state index is -0.264. The summed E-state index contributed by atoms with van der Waals surface area (Å²) in [5, 5.41) is 0. The largest absolute Gasteiger partial charge is 0.494 e. The number of hydrogen-bond donors (Lipinski definition) is 1. The summed E-state index contributed by atoms with van der Waals surface area (Å²) < 4.78 is 18.8. The van der Waals surface area contributed by atoms with Crippen LogP contribution >= 0.6 is 0 Å². The van der Waals surface area contributed by atoms with Gasteiger partial charge in [0.1, 0.15) is 0 Å². The van der Waals surface area contributed by atoms with E-state index in [9.17, 15) is 4.39 Å². The molecule has 1 aliphatic rings. The summed E-state index contributed by atoms with van der Waals surface area (Å²) in [5.74, 6) is 2.06. The first-order valence-corrected chi connectivity index (χ1v) is 8.20. The zero-order valence-corrected chi connectivity index (χ0v) is 13.3. The molecule has 118 valence electrons. The van der Waals surface area contributed by atoms with E-state index in [2.05, 4.69) is 6.92 Å². The lowest BCUT2D eigenvalue weighted by atomic mass is 9.70. The molecule has 1 saturated carbocycles. The van der Waals surface area contributed by atoms with Crippen LogP contribution in [0.1, 0.15) is 44.6 Å². The predicted molar refractivity (Wildman–Crippen MR) is 84.9 cm³/mol. The molecular formula is C18H28FNO. The SMILES string of the molecule is CCCC1CCC(CN)C(Cc2ccc(OC)c(F)c2)C1. The first-order valence-electron chi connectivity index (χ1n) is 8.20. The van der Waals surface area contributed by atoms with Crippen LogP contribution in [0.3, 0.4) is 0 Å². The van der Waals surface area contributed by atoms with Crippen molar-refractivity contribution in [2.24, 2.45) is 23.5 Å². The van der Waals surface area contributed by atoms with Crippen LogP contribution in [0.4, 0.5) is 4.39 Å². The molecule has 0 aliphatic heterocycles. The van der Waals surface area contributed by atoms with Gasteiger partial charge in [-0.05, 0) is 61.3 Å². The van der Waals surface area contributed by atoms with E-state index in [1.54, 1.807) is 12.1 Å². The number of nitrogens with two attached hydrogens (primary N) is 1. The normalized spacial score (nSPS) is 25.8. The highest BCUT2D eigenvalue weighted by atomic mass is 19.1. The molecule has 3 unspecified atom stereocenters. The van der Waals surface area contributed by atoms with Crippen molar-refractivity contribution in [3.05, 3.63) is 29.6 Å². The lowest BCUT2D eigenvalue weighted by Gasteiger charge is -2.36. The number of rotatable bonds is 6. The first kappa shape index (κ1) is 16.3. The second-order valence-corrected chi connectivity index (χ2v) is 6.40. The summed E-state index contributed by atoms with van der Waals surface area (Å²) in [6.45, 7) is 3.00. The summed E-state index contributed by atoms with van der Waals surface area (Å²) in [6.07, 6.45) is 7.27. The van der Waals surface area contributed by atoms with Crippen molar-refractivity contribution < 1.29 is 9.13 Å². The molecule has 3 atom stereocenters. The molecule has 0 saturated heterocycles. The van der Waals surface area contributed by atoms with E-state index in [1.165, 1.54) is 39.2 Å². The van der Waals surface area contributed by atoms with Crippen molar-refractivity contribution >= 4 is 0 Å². The van der Waals surface area contributed by atoms with Gasteiger partial charge in [0.25, 0.3) is 0 Å². The zero-order valence-electron chi connectivity index (χ0n) is 13.3. The lowest BCUT2D eigenvalue weighted by Crippen LogP contribution is -2.31. The third-order valence-corrected chi connectivity index (χ3v) is 4.96. The van der Waals surface area contributed by atoms with E-state index in [-0.39, 0.29) is 5.82 Å². The number of halogens is 1. The third kappa shape index (κ3) is 4.19. The zero-order chi connectivity index (χ0) is 15.2. The van der Waals surface area contributed by atoms with Gasteiger partial charge in [-0.1, -0.05) is 32.3 Å². The van der Waals surface area contributed by atoms with Gasteiger partial charge < -0.3 is 10.5 Å². The average Bonchev–Trinajstić information content (AvgIpc) is 2.48. The van der Waals surface area contributed by atoms with Crippen LogP contribution in [0, 0.1) is 23.6 Å². The molecule has 0 heterocycles. The van der Waals surface area contributed by atoms with Crippen LogP contribution < -0.4 is 10.5 Å². The third-order valence-electron chi connectivity index (χ3n) is 4.96. The molecule has 1 aliphatic carbocycles. The maximum Gasteiger partial charge on any atom is 0.165 e. The van der Waals surface area contributed by atoms with Gasteiger partial charge in [-0.15, -0.1) is 0 Å². The van der Waals surface area contributed by atoms with Gasteiger partial charge >= 0.3 is 0 Å². The molecule has 21 heavy (non-hydrogen) atoms. The Bertz CT molecular complexity index is 449. The molecule has 1 aromatic carbocycles. The van der Waals surface area contributed by atoms with Gasteiger partial charge in [0, 0.05) is 0 Å². The quantitative estimate of drug-likeness (QED) is 0.854. The van der Waals surface area contributed by atoms with Gasteiger partial charge in [0.2, 0.25) is 0 Å². The van der Waals surface area contributed by atoms with E-state index in [4.69, 9.17) is 10.5 Å². The van der Waals surface area contributed by atoms with Crippen LogP contribution in [0.2, 0.25) is 0 Å². The smallest absolute Gasteiger partial charge is 0.165 e. The molecule has 1 aromatic rings. The van der Waals surface area contributed by atoms with Gasteiger partial charge in [0.15, 0.2) is 11.6 Å². The number of methoxy groups -OCH3 is 1. The van der Waals surface area contributed by atoms with Crippen molar-refractivity contribution in [1.29, 1.82) is 0 Å². The van der Waals surface area contributed by atoms with Crippen molar-refractivity contribution in [1.82, 2.24) is 0 Å². The predicted octanol–water partition coefficient (Wildman–Crippen LogP) is 4.17. The van der Waals surface area contributed by atoms with Crippen molar-refractivity contribution in [2.45, 2.75) is 45.4 Å². The molecule has 3 heteroatoms. The first-order chi connectivity index (χ1) is 10.2. The van der Waals surface area contributed by atoms with E-state index in [0.717, 1.165) is 24.4 Å². The Balaban J connectivity index is 2.05. The second kappa shape index (κ2) is 7.79. The molecule has 2 N–H and O–H groups in total. The molecule has 0 spiro atoms. The molecule has 1 fully saturated rings. The monoisotopic (exact) mass is 293 g/mol. The number of benzene rings is 1. The summed E-state index contributed by atoms with van der Waals surface area (Å²) >= 11 is 0. The standard InChI is InChI=1S/C18H28FNO/c1-3-4-13-5-7-15(12-20)16(9-13)10-14-6-8-18(21-2)17(19)11-14/h6,8,11,13,15-16H,3-5,7,9-10,12,20H2,1-2H3. The Labute approximate surface area is 127 Å². The fraction of sp³-hybridized carbons (Fsp3) is 0.667. The maximum absolute atomic E-state index is 13.8. The highest BCUT2D eigenvalue weighted by molar-refractivity contribution is 5.29. The van der Waals surface area contributed by atoms with E-state index in [0.29, 0.717) is 17.6 Å². The highest BCUT2D eigenvalue weighted by Gasteiger charge is 2.29. The van der Waals surface area contributed by atoms with Gasteiger partial charge in [0.05, 0.1) is 7.11 Å². The Hall–Kier alpha value is -1.09. The lowest BCUT2D eigenvalue weighted by molar-refractivity contribution is 0.175. The molecule has 2 rings (SSSR count). The Kier molecular flexibility index (Phi) is 6.04. The van der Waals surface area contributed by atoms with Crippen LogP contribution in [-0.2, 0) is 6.42 Å². The van der Waals surface area contributed by atoms with Gasteiger partial charge in [-0.25, -0.2) is 4.39 Å². The Morgan fingerprint density at radius 3 is 2.71 bits per heavy atom. The van der Waals surface area contributed by atoms with Crippen molar-refractivity contribution in [3.8, 4) is 5.75 Å². The summed E-state index contributed by atoms with van der Waals surface area (Å²) in [6, 6.07) is 5.34. The molecule has 0 amide bonds. The molecule has 0 radical (unpaired) electrons. The average molecular weight is 293 g/mol. The summed E-state index contributed by atoms with van der Waals surface area (Å²) in [4.78, 5) is 0. The van der Waals surface area contributed by atoms with E-state index in [1.807, 2.05) is 6.07 Å². The molecule has 0 bridgehead atoms. The fourth-order valence-corrected chi connectivity index (χ4v) is 3.79. The second-order valence-electron chi connectivity index (χ2n) is 6.40. The topological polar surface area (TPSA) is 35.2 Å². The molecule has 0 aromatic heterocycles. The van der Waals surface area contributed by atoms with Crippen LogP contribution in [0.15, 0.2) is 18.2 Å². The van der Waals surface area contributed by atoms with Crippen LogP contribution in [-0.4, -0.2) is 13.7 Å². The summed E-state index contributed by atoms with van der Waals surface area (Å²) in [7, 11) is 1.50. The highest BCUT2D eigenvalue weighted by Crippen LogP contribution is 2.37. The molecule has 2 nitrogen and oxygen atoms in total. The Morgan fingerprint density at radius 2 is 2.10 bits per heavy atom.